The summed E-state index contributed by atoms with van der Waals surface area (Å²) in [7, 11) is -3.56. The van der Waals surface area contributed by atoms with Gasteiger partial charge in [-0.1, -0.05) is 30.3 Å². The Morgan fingerprint density at radius 3 is 2.75 bits per heavy atom. The van der Waals surface area contributed by atoms with Gasteiger partial charge in [0, 0.05) is 11.2 Å². The molecule has 24 heavy (non-hydrogen) atoms. The van der Waals surface area contributed by atoms with E-state index in [0.717, 1.165) is 40.7 Å². The number of thiophene rings is 1. The van der Waals surface area contributed by atoms with Crippen molar-refractivity contribution in [3.8, 4) is 0 Å². The quantitative estimate of drug-likeness (QED) is 0.727. The van der Waals surface area contributed by atoms with Crippen LogP contribution in [0.25, 0.3) is 10.1 Å². The molecule has 1 aliphatic heterocycles. The summed E-state index contributed by atoms with van der Waals surface area (Å²) in [6, 6.07) is 15.2. The van der Waals surface area contributed by atoms with Crippen molar-refractivity contribution in [3.05, 3.63) is 59.7 Å². The van der Waals surface area contributed by atoms with Gasteiger partial charge in [-0.15, -0.1) is 23.7 Å². The first-order valence-electron chi connectivity index (χ1n) is 7.46. The lowest BCUT2D eigenvalue weighted by Crippen LogP contribution is -2.25. The lowest BCUT2D eigenvalue weighted by atomic mass is 9.99. The molecule has 0 saturated heterocycles. The SMILES string of the molecule is Cl.O=S(=O)(Nc1cccc2c1CCNC2)c1cc2ccccc2s1. The molecule has 4 nitrogen and oxygen atoms in total. The maximum atomic E-state index is 12.7. The van der Waals surface area contributed by atoms with Crippen LogP contribution in [0.5, 0.6) is 0 Å². The van der Waals surface area contributed by atoms with Crippen molar-refractivity contribution in [2.75, 3.05) is 11.3 Å². The molecule has 4 rings (SSSR count). The highest BCUT2D eigenvalue weighted by atomic mass is 35.5. The highest BCUT2D eigenvalue weighted by molar-refractivity contribution is 7.94. The Morgan fingerprint density at radius 2 is 1.92 bits per heavy atom. The van der Waals surface area contributed by atoms with Crippen LogP contribution >= 0.6 is 23.7 Å². The molecule has 0 unspecified atom stereocenters. The van der Waals surface area contributed by atoms with E-state index in [9.17, 15) is 8.42 Å². The molecule has 0 saturated carbocycles. The van der Waals surface area contributed by atoms with Gasteiger partial charge in [-0.05, 0) is 47.7 Å². The van der Waals surface area contributed by atoms with Gasteiger partial charge in [-0.3, -0.25) is 4.72 Å². The molecule has 7 heteroatoms. The molecule has 0 fully saturated rings. The molecule has 2 aromatic carbocycles. The van der Waals surface area contributed by atoms with Crippen molar-refractivity contribution in [1.82, 2.24) is 5.32 Å². The number of nitrogens with one attached hydrogen (secondary N) is 2. The molecule has 3 aromatic rings. The van der Waals surface area contributed by atoms with Gasteiger partial charge in [0.1, 0.15) is 4.21 Å². The zero-order valence-corrected chi connectivity index (χ0v) is 15.2. The zero-order valence-electron chi connectivity index (χ0n) is 12.8. The van der Waals surface area contributed by atoms with Gasteiger partial charge in [0.2, 0.25) is 0 Å². The predicted molar refractivity (Wildman–Crippen MR) is 102 cm³/mol. The number of benzene rings is 2. The first-order valence-corrected chi connectivity index (χ1v) is 9.76. The largest absolute Gasteiger partial charge is 0.312 e. The predicted octanol–water partition coefficient (Wildman–Crippen LogP) is 3.77. The molecule has 2 N–H and O–H groups in total. The smallest absolute Gasteiger partial charge is 0.271 e. The fourth-order valence-electron chi connectivity index (χ4n) is 2.91. The Bertz CT molecular complexity index is 950. The van der Waals surface area contributed by atoms with Gasteiger partial charge in [-0.2, -0.15) is 0 Å². The summed E-state index contributed by atoms with van der Waals surface area (Å²) in [5, 5.41) is 4.26. The number of rotatable bonds is 3. The number of hydrogen-bond acceptors (Lipinski definition) is 4. The normalized spacial score (nSPS) is 14.0. The molecule has 0 amide bonds. The average molecular weight is 381 g/mol. The number of fused-ring (bicyclic) bond motifs is 2. The van der Waals surface area contributed by atoms with E-state index in [1.165, 1.54) is 11.3 Å². The average Bonchev–Trinajstić information content (AvgIpc) is 3.00. The number of halogens is 1. The van der Waals surface area contributed by atoms with E-state index >= 15 is 0 Å². The lowest BCUT2D eigenvalue weighted by molar-refractivity contribution is 0.602. The van der Waals surface area contributed by atoms with Crippen LogP contribution < -0.4 is 10.0 Å². The Hall–Kier alpha value is -1.60. The van der Waals surface area contributed by atoms with E-state index in [-0.39, 0.29) is 12.4 Å². The standard InChI is InChI=1S/C17H16N2O2S2.ClH/c20-23(21,17-10-12-4-1-2-7-16(12)22-17)19-15-6-3-5-13-11-18-9-8-14(13)15;/h1-7,10,18-19H,8-9,11H2;1H. The van der Waals surface area contributed by atoms with Crippen LogP contribution in [0.1, 0.15) is 11.1 Å². The van der Waals surface area contributed by atoms with Crippen molar-refractivity contribution in [1.29, 1.82) is 0 Å². The second-order valence-corrected chi connectivity index (χ2v) is 8.57. The lowest BCUT2D eigenvalue weighted by Gasteiger charge is -2.20. The molecule has 0 radical (unpaired) electrons. The van der Waals surface area contributed by atoms with Crippen LogP contribution in [-0.4, -0.2) is 15.0 Å². The van der Waals surface area contributed by atoms with Gasteiger partial charge in [0.15, 0.2) is 0 Å². The maximum absolute atomic E-state index is 12.7. The molecular formula is C17H17ClN2O2S2. The number of hydrogen-bond donors (Lipinski definition) is 2. The van der Waals surface area contributed by atoms with Crippen molar-refractivity contribution in [2.24, 2.45) is 0 Å². The van der Waals surface area contributed by atoms with Crippen molar-refractivity contribution >= 4 is 49.5 Å². The minimum Gasteiger partial charge on any atom is -0.312 e. The molecule has 2 heterocycles. The molecule has 0 bridgehead atoms. The summed E-state index contributed by atoms with van der Waals surface area (Å²) in [4.78, 5) is 0. The first kappa shape index (κ1) is 17.2. The van der Waals surface area contributed by atoms with Crippen LogP contribution in [0, 0.1) is 0 Å². The monoisotopic (exact) mass is 380 g/mol. The molecule has 1 aliphatic rings. The highest BCUT2D eigenvalue weighted by Crippen LogP contribution is 2.31. The van der Waals surface area contributed by atoms with Gasteiger partial charge in [0.25, 0.3) is 10.0 Å². The Morgan fingerprint density at radius 1 is 1.08 bits per heavy atom. The fourth-order valence-corrected chi connectivity index (χ4v) is 5.40. The third-order valence-electron chi connectivity index (χ3n) is 4.05. The number of anilines is 1. The molecular weight excluding hydrogens is 364 g/mol. The molecule has 0 aliphatic carbocycles. The first-order chi connectivity index (χ1) is 11.1. The molecule has 126 valence electrons. The fraction of sp³-hybridized carbons (Fsp3) is 0.176. The molecule has 0 atom stereocenters. The summed E-state index contributed by atoms with van der Waals surface area (Å²) in [6.07, 6.45) is 0.834. The van der Waals surface area contributed by atoms with E-state index in [1.807, 2.05) is 42.5 Å². The Labute approximate surface area is 151 Å². The Balaban J connectivity index is 0.00000169. The van der Waals surface area contributed by atoms with Crippen molar-refractivity contribution in [2.45, 2.75) is 17.2 Å². The van der Waals surface area contributed by atoms with Gasteiger partial charge >= 0.3 is 0 Å². The second-order valence-electron chi connectivity index (χ2n) is 5.58. The van der Waals surface area contributed by atoms with E-state index < -0.39 is 10.0 Å². The highest BCUT2D eigenvalue weighted by Gasteiger charge is 2.20. The summed E-state index contributed by atoms with van der Waals surface area (Å²) < 4.78 is 29.6. The van der Waals surface area contributed by atoms with E-state index in [2.05, 4.69) is 10.0 Å². The summed E-state index contributed by atoms with van der Waals surface area (Å²) >= 11 is 1.30. The number of sulfonamides is 1. The van der Waals surface area contributed by atoms with Crippen molar-refractivity contribution in [3.63, 3.8) is 0 Å². The summed E-state index contributed by atoms with van der Waals surface area (Å²) in [5.41, 5.74) is 2.95. The van der Waals surface area contributed by atoms with Crippen LogP contribution in [0.15, 0.2) is 52.7 Å². The van der Waals surface area contributed by atoms with E-state index in [0.29, 0.717) is 9.90 Å². The minimum atomic E-state index is -3.56. The summed E-state index contributed by atoms with van der Waals surface area (Å²) in [6.45, 7) is 1.66. The zero-order chi connectivity index (χ0) is 15.9. The second kappa shape index (κ2) is 6.72. The third-order valence-corrected chi connectivity index (χ3v) is 7.01. The van der Waals surface area contributed by atoms with Crippen LogP contribution in [0.4, 0.5) is 5.69 Å². The maximum Gasteiger partial charge on any atom is 0.271 e. The molecule has 1 aromatic heterocycles. The van der Waals surface area contributed by atoms with Crippen LogP contribution in [0.2, 0.25) is 0 Å². The van der Waals surface area contributed by atoms with Crippen LogP contribution in [0.3, 0.4) is 0 Å². The van der Waals surface area contributed by atoms with Gasteiger partial charge in [0.05, 0.1) is 5.69 Å². The topological polar surface area (TPSA) is 58.2 Å². The van der Waals surface area contributed by atoms with Gasteiger partial charge < -0.3 is 5.32 Å². The Kier molecular flexibility index (Phi) is 4.83. The van der Waals surface area contributed by atoms with E-state index in [1.54, 1.807) is 6.07 Å². The van der Waals surface area contributed by atoms with E-state index in [4.69, 9.17) is 0 Å². The summed E-state index contributed by atoms with van der Waals surface area (Å²) in [5.74, 6) is 0. The molecule has 0 spiro atoms. The minimum absolute atomic E-state index is 0. The van der Waals surface area contributed by atoms with Gasteiger partial charge in [-0.25, -0.2) is 8.42 Å². The third kappa shape index (κ3) is 3.15. The van der Waals surface area contributed by atoms with Crippen LogP contribution in [-0.2, 0) is 23.0 Å². The van der Waals surface area contributed by atoms with Crippen molar-refractivity contribution < 1.29 is 8.42 Å².